The highest BCUT2D eigenvalue weighted by atomic mass is 79.9. The maximum absolute atomic E-state index is 6.32. The van der Waals surface area contributed by atoms with Gasteiger partial charge in [-0.05, 0) is 202 Å². The van der Waals surface area contributed by atoms with Crippen molar-refractivity contribution in [3.8, 4) is 23.0 Å². The number of rotatable bonds is 19. The van der Waals surface area contributed by atoms with Crippen LogP contribution in [0.15, 0.2) is 79.8 Å². The van der Waals surface area contributed by atoms with E-state index in [2.05, 4.69) is 195 Å². The standard InChI is InChI=1S/C43H45Br7O6/c1-24-14-25(42(2,3)26-16-34(47)40(35(48)17-26)53-12-8-29-22-55-29)15-31(44)38(24)51-10-6-7-11-52-39-32(45)18-27(19-33(39)46)43(4,5)28-20-36(49)41(37(50)21-28)54-13-9-30-23-56-30/h14-21,29-30H,6-13,22-23H2,1-5H3. The molecule has 6 nitrogen and oxygen atoms in total. The molecule has 2 saturated heterocycles. The van der Waals surface area contributed by atoms with E-state index in [0.29, 0.717) is 38.6 Å². The van der Waals surface area contributed by atoms with E-state index in [4.69, 9.17) is 28.4 Å². The van der Waals surface area contributed by atoms with Crippen molar-refractivity contribution in [2.24, 2.45) is 0 Å². The molecule has 0 saturated carbocycles. The van der Waals surface area contributed by atoms with Gasteiger partial charge in [-0.3, -0.25) is 0 Å². The second-order valence-corrected chi connectivity index (χ2v) is 21.2. The van der Waals surface area contributed by atoms with Gasteiger partial charge in [0.2, 0.25) is 0 Å². The molecule has 56 heavy (non-hydrogen) atoms. The SMILES string of the molecule is Cc1cc(C(C)(C)c2cc(Br)c(OCCC3CO3)c(Br)c2)cc(Br)c1OCCCCOc1c(Br)cc(C(C)(C)c2cc(Br)c(OCCC3CO3)c(Br)c2)cc1Br. The van der Waals surface area contributed by atoms with E-state index < -0.39 is 0 Å². The smallest absolute Gasteiger partial charge is 0.147 e. The van der Waals surface area contributed by atoms with Gasteiger partial charge in [-0.25, -0.2) is 0 Å². The molecule has 2 fully saturated rings. The van der Waals surface area contributed by atoms with Crippen LogP contribution in [0.25, 0.3) is 0 Å². The minimum atomic E-state index is -0.299. The van der Waals surface area contributed by atoms with E-state index in [9.17, 15) is 0 Å². The van der Waals surface area contributed by atoms with Crippen molar-refractivity contribution in [1.29, 1.82) is 0 Å². The summed E-state index contributed by atoms with van der Waals surface area (Å²) in [6.45, 7) is 15.1. The summed E-state index contributed by atoms with van der Waals surface area (Å²) >= 11 is 26.4. The van der Waals surface area contributed by atoms with Gasteiger partial charge >= 0.3 is 0 Å². The van der Waals surface area contributed by atoms with E-state index in [1.54, 1.807) is 0 Å². The molecule has 2 atom stereocenters. The number of ether oxygens (including phenoxy) is 6. The summed E-state index contributed by atoms with van der Waals surface area (Å²) < 4.78 is 41.8. The molecule has 2 aliphatic rings. The Morgan fingerprint density at radius 3 is 1.04 bits per heavy atom. The summed E-state index contributed by atoms with van der Waals surface area (Å²) in [5.41, 5.74) is 5.15. The van der Waals surface area contributed by atoms with Crippen molar-refractivity contribution in [2.45, 2.75) is 83.3 Å². The first-order chi connectivity index (χ1) is 26.6. The number of aryl methyl sites for hydroxylation is 1. The second-order valence-electron chi connectivity index (χ2n) is 15.3. The van der Waals surface area contributed by atoms with E-state index in [1.165, 1.54) is 11.1 Å². The number of hydrogen-bond acceptors (Lipinski definition) is 6. The first kappa shape index (κ1) is 44.9. The third kappa shape index (κ3) is 11.2. The quantitative estimate of drug-likeness (QED) is 0.0689. The number of epoxide rings is 2. The van der Waals surface area contributed by atoms with E-state index in [-0.39, 0.29) is 10.8 Å². The summed E-state index contributed by atoms with van der Waals surface area (Å²) in [6, 6.07) is 17.3. The summed E-state index contributed by atoms with van der Waals surface area (Å²) in [5.74, 6) is 3.28. The van der Waals surface area contributed by atoms with Crippen molar-refractivity contribution in [3.63, 3.8) is 0 Å². The molecule has 0 bridgehead atoms. The lowest BCUT2D eigenvalue weighted by molar-refractivity contribution is 0.263. The summed E-state index contributed by atoms with van der Waals surface area (Å²) in [7, 11) is 0. The molecule has 2 unspecified atom stereocenters. The van der Waals surface area contributed by atoms with Gasteiger partial charge in [-0.2, -0.15) is 0 Å². The molecule has 0 aliphatic carbocycles. The maximum atomic E-state index is 6.32. The predicted molar refractivity (Wildman–Crippen MR) is 249 cm³/mol. The molecule has 4 aromatic carbocycles. The third-order valence-electron chi connectivity index (χ3n) is 10.3. The van der Waals surface area contributed by atoms with Crippen LogP contribution in [-0.4, -0.2) is 51.8 Å². The molecule has 0 aromatic heterocycles. The molecule has 2 heterocycles. The fraction of sp³-hybridized carbons (Fsp3) is 0.442. The van der Waals surface area contributed by atoms with Gasteiger partial charge in [0.25, 0.3) is 0 Å². The fourth-order valence-corrected chi connectivity index (χ4v) is 11.3. The van der Waals surface area contributed by atoms with Crippen LogP contribution in [0.5, 0.6) is 23.0 Å². The van der Waals surface area contributed by atoms with Crippen molar-refractivity contribution >= 4 is 112 Å². The molecule has 0 N–H and O–H groups in total. The van der Waals surface area contributed by atoms with Crippen LogP contribution in [0, 0.1) is 6.92 Å². The van der Waals surface area contributed by atoms with Crippen LogP contribution in [0.3, 0.4) is 0 Å². The number of halogens is 7. The Hall–Kier alpha value is -0.640. The average molecular weight is 1220 g/mol. The van der Waals surface area contributed by atoms with Gasteiger partial charge in [0.1, 0.15) is 23.0 Å². The summed E-state index contributed by atoms with van der Waals surface area (Å²) in [4.78, 5) is 0. The van der Waals surface area contributed by atoms with Crippen molar-refractivity contribution in [2.75, 3.05) is 39.6 Å². The van der Waals surface area contributed by atoms with Gasteiger partial charge in [0, 0.05) is 23.7 Å². The number of unbranched alkanes of at least 4 members (excludes halogenated alkanes) is 1. The van der Waals surface area contributed by atoms with Crippen molar-refractivity contribution in [1.82, 2.24) is 0 Å². The van der Waals surface area contributed by atoms with Crippen molar-refractivity contribution < 1.29 is 28.4 Å². The maximum Gasteiger partial charge on any atom is 0.147 e. The topological polar surface area (TPSA) is 62.0 Å². The zero-order valence-electron chi connectivity index (χ0n) is 31.9. The molecule has 0 amide bonds. The largest absolute Gasteiger partial charge is 0.492 e. The lowest BCUT2D eigenvalue weighted by Crippen LogP contribution is -2.20. The molecular formula is C43H45Br7O6. The molecule has 0 spiro atoms. The van der Waals surface area contributed by atoms with Gasteiger partial charge < -0.3 is 28.4 Å². The fourth-order valence-electron chi connectivity index (χ4n) is 6.39. The van der Waals surface area contributed by atoms with E-state index >= 15 is 0 Å². The second kappa shape index (κ2) is 19.4. The van der Waals surface area contributed by atoms with Crippen LogP contribution in [0.4, 0.5) is 0 Å². The third-order valence-corrected chi connectivity index (χ3v) is 14.4. The molecule has 302 valence electrons. The average Bonchev–Trinajstić information content (AvgIpc) is 4.07. The zero-order valence-corrected chi connectivity index (χ0v) is 43.0. The molecule has 13 heteroatoms. The highest BCUT2D eigenvalue weighted by Crippen LogP contribution is 2.45. The predicted octanol–water partition coefficient (Wildman–Crippen LogP) is 14.6. The van der Waals surface area contributed by atoms with Gasteiger partial charge in [-0.1, -0.05) is 33.8 Å². The number of hydrogen-bond donors (Lipinski definition) is 0. The van der Waals surface area contributed by atoms with E-state index in [1.807, 2.05) is 0 Å². The van der Waals surface area contributed by atoms with Crippen LogP contribution in [0.2, 0.25) is 0 Å². The van der Waals surface area contributed by atoms with Crippen LogP contribution >= 0.6 is 112 Å². The normalized spacial score (nSPS) is 16.5. The Morgan fingerprint density at radius 2 is 0.732 bits per heavy atom. The summed E-state index contributed by atoms with van der Waals surface area (Å²) in [5, 5.41) is 0. The number of benzene rings is 4. The molecular weight excluding hydrogens is 1170 g/mol. The zero-order chi connectivity index (χ0) is 40.4. The Morgan fingerprint density at radius 1 is 0.464 bits per heavy atom. The van der Waals surface area contributed by atoms with E-state index in [0.717, 1.165) is 110 Å². The highest BCUT2D eigenvalue weighted by Gasteiger charge is 2.30. The Kier molecular flexibility index (Phi) is 15.5. The van der Waals surface area contributed by atoms with Crippen molar-refractivity contribution in [3.05, 3.63) is 108 Å². The first-order valence-electron chi connectivity index (χ1n) is 18.6. The van der Waals surface area contributed by atoms with Gasteiger partial charge in [-0.15, -0.1) is 0 Å². The molecule has 0 radical (unpaired) electrons. The lowest BCUT2D eigenvalue weighted by atomic mass is 9.77. The highest BCUT2D eigenvalue weighted by molar-refractivity contribution is 9.12. The monoisotopic (exact) mass is 1210 g/mol. The minimum Gasteiger partial charge on any atom is -0.492 e. The Bertz CT molecular complexity index is 1810. The first-order valence-corrected chi connectivity index (χ1v) is 24.1. The van der Waals surface area contributed by atoms with Gasteiger partial charge in [0.05, 0.1) is 83.2 Å². The van der Waals surface area contributed by atoms with Crippen LogP contribution < -0.4 is 18.9 Å². The molecule has 6 rings (SSSR count). The van der Waals surface area contributed by atoms with Crippen LogP contribution in [0.1, 0.15) is 81.2 Å². The minimum absolute atomic E-state index is 0.272. The lowest BCUT2D eigenvalue weighted by Gasteiger charge is -2.28. The van der Waals surface area contributed by atoms with Gasteiger partial charge in [0.15, 0.2) is 0 Å². The Labute approximate surface area is 389 Å². The Balaban J connectivity index is 1.01. The molecule has 4 aromatic rings. The molecule has 2 aliphatic heterocycles. The summed E-state index contributed by atoms with van der Waals surface area (Å²) in [6.07, 6.45) is 4.16. The van der Waals surface area contributed by atoms with Crippen LogP contribution in [-0.2, 0) is 20.3 Å².